The van der Waals surface area contributed by atoms with Gasteiger partial charge in [-0.05, 0) is 27.1 Å². The van der Waals surface area contributed by atoms with Gasteiger partial charge in [0.25, 0.3) is 0 Å². The van der Waals surface area contributed by atoms with Crippen LogP contribution in [0.4, 0.5) is 0 Å². The number of carbonyl (C=O) groups is 1. The summed E-state index contributed by atoms with van der Waals surface area (Å²) in [6, 6.07) is 1.99. The van der Waals surface area contributed by atoms with Gasteiger partial charge in [-0.3, -0.25) is 4.79 Å². The number of nitrogens with one attached hydrogen (secondary N) is 1. The third-order valence-electron chi connectivity index (χ3n) is 1.93. The van der Waals surface area contributed by atoms with Gasteiger partial charge in [0.2, 0.25) is 5.91 Å². The standard InChI is InChI=1S/C10H19N3O/c1-9(5-6-11)10(14)12-7-4-8-13(2)3/h9H,4-5,7-8H2,1-3H3,(H,12,14). The van der Waals surface area contributed by atoms with Crippen LogP contribution >= 0.6 is 0 Å². The fraction of sp³-hybridized carbons (Fsp3) is 0.800. The van der Waals surface area contributed by atoms with Crippen LogP contribution in [0.5, 0.6) is 0 Å². The maximum Gasteiger partial charge on any atom is 0.223 e. The van der Waals surface area contributed by atoms with E-state index in [2.05, 4.69) is 10.2 Å². The first-order valence-corrected chi connectivity index (χ1v) is 4.87. The molecule has 0 radical (unpaired) electrons. The van der Waals surface area contributed by atoms with Crippen molar-refractivity contribution in [1.29, 1.82) is 5.26 Å². The van der Waals surface area contributed by atoms with Gasteiger partial charge in [0, 0.05) is 18.9 Å². The molecule has 0 rings (SSSR count). The van der Waals surface area contributed by atoms with Crippen molar-refractivity contribution in [3.8, 4) is 6.07 Å². The first kappa shape index (κ1) is 12.9. The molecule has 0 aromatic rings. The lowest BCUT2D eigenvalue weighted by Crippen LogP contribution is -2.31. The maximum atomic E-state index is 11.3. The van der Waals surface area contributed by atoms with Crippen molar-refractivity contribution in [1.82, 2.24) is 10.2 Å². The Morgan fingerprint density at radius 3 is 2.71 bits per heavy atom. The molecule has 0 saturated carbocycles. The van der Waals surface area contributed by atoms with Crippen molar-refractivity contribution in [2.45, 2.75) is 19.8 Å². The van der Waals surface area contributed by atoms with Crippen LogP contribution in [0.25, 0.3) is 0 Å². The summed E-state index contributed by atoms with van der Waals surface area (Å²) in [6.07, 6.45) is 1.23. The SMILES string of the molecule is CC(CC#N)C(=O)NCCCN(C)C. The quantitative estimate of drug-likeness (QED) is 0.634. The Kier molecular flexibility index (Phi) is 6.77. The van der Waals surface area contributed by atoms with Gasteiger partial charge >= 0.3 is 0 Å². The summed E-state index contributed by atoms with van der Waals surface area (Å²) < 4.78 is 0. The molecule has 1 atom stereocenters. The average molecular weight is 197 g/mol. The van der Waals surface area contributed by atoms with Crippen LogP contribution in [0.15, 0.2) is 0 Å². The van der Waals surface area contributed by atoms with Gasteiger partial charge in [-0.15, -0.1) is 0 Å². The van der Waals surface area contributed by atoms with E-state index in [0.717, 1.165) is 13.0 Å². The third-order valence-corrected chi connectivity index (χ3v) is 1.93. The maximum absolute atomic E-state index is 11.3. The van der Waals surface area contributed by atoms with Gasteiger partial charge in [-0.25, -0.2) is 0 Å². The number of hydrogen-bond donors (Lipinski definition) is 1. The Bertz CT molecular complexity index is 208. The number of nitrogens with zero attached hydrogens (tertiary/aromatic N) is 2. The van der Waals surface area contributed by atoms with E-state index in [1.54, 1.807) is 6.92 Å². The van der Waals surface area contributed by atoms with Gasteiger partial charge in [0.05, 0.1) is 6.07 Å². The average Bonchev–Trinajstić information content (AvgIpc) is 2.12. The number of amides is 1. The number of rotatable bonds is 6. The smallest absolute Gasteiger partial charge is 0.223 e. The third kappa shape index (κ3) is 6.44. The molecule has 1 unspecified atom stereocenters. The molecule has 0 spiro atoms. The van der Waals surface area contributed by atoms with Crippen molar-refractivity contribution in [3.05, 3.63) is 0 Å². The fourth-order valence-electron chi connectivity index (χ4n) is 1.01. The van der Waals surface area contributed by atoms with Gasteiger partial charge in [0.15, 0.2) is 0 Å². The van der Waals surface area contributed by atoms with E-state index < -0.39 is 0 Å². The minimum absolute atomic E-state index is 0.0229. The second-order valence-electron chi connectivity index (χ2n) is 3.71. The first-order chi connectivity index (χ1) is 6.57. The van der Waals surface area contributed by atoms with Crippen LogP contribution in [0.1, 0.15) is 19.8 Å². The highest BCUT2D eigenvalue weighted by molar-refractivity contribution is 5.78. The lowest BCUT2D eigenvalue weighted by atomic mass is 10.1. The summed E-state index contributed by atoms with van der Waals surface area (Å²) in [5.41, 5.74) is 0. The normalized spacial score (nSPS) is 12.2. The van der Waals surface area contributed by atoms with Gasteiger partial charge < -0.3 is 10.2 Å². The monoisotopic (exact) mass is 197 g/mol. The zero-order valence-electron chi connectivity index (χ0n) is 9.21. The topological polar surface area (TPSA) is 56.1 Å². The van der Waals surface area contributed by atoms with Crippen molar-refractivity contribution in [2.24, 2.45) is 5.92 Å². The lowest BCUT2D eigenvalue weighted by Gasteiger charge is -2.11. The minimum atomic E-state index is -0.195. The van der Waals surface area contributed by atoms with E-state index in [0.29, 0.717) is 13.0 Å². The molecule has 0 aliphatic carbocycles. The van der Waals surface area contributed by atoms with Crippen LogP contribution < -0.4 is 5.32 Å². The summed E-state index contributed by atoms with van der Waals surface area (Å²) in [4.78, 5) is 13.4. The summed E-state index contributed by atoms with van der Waals surface area (Å²) in [7, 11) is 4.00. The molecular weight excluding hydrogens is 178 g/mol. The number of nitriles is 1. The molecule has 0 aromatic heterocycles. The molecule has 0 heterocycles. The Morgan fingerprint density at radius 2 is 2.21 bits per heavy atom. The summed E-state index contributed by atoms with van der Waals surface area (Å²) in [6.45, 7) is 3.42. The fourth-order valence-corrected chi connectivity index (χ4v) is 1.01. The molecule has 14 heavy (non-hydrogen) atoms. The van der Waals surface area contributed by atoms with Gasteiger partial charge in [-0.1, -0.05) is 6.92 Å². The van der Waals surface area contributed by atoms with Crippen LogP contribution in [0, 0.1) is 17.2 Å². The van der Waals surface area contributed by atoms with Crippen molar-refractivity contribution < 1.29 is 4.79 Å². The van der Waals surface area contributed by atoms with E-state index in [1.165, 1.54) is 0 Å². The van der Waals surface area contributed by atoms with E-state index in [9.17, 15) is 4.79 Å². The predicted octanol–water partition coefficient (Wildman–Crippen LogP) is 0.604. The molecule has 0 aliphatic rings. The molecule has 0 saturated heterocycles. The zero-order valence-corrected chi connectivity index (χ0v) is 9.21. The van der Waals surface area contributed by atoms with E-state index in [4.69, 9.17) is 5.26 Å². The molecule has 0 aromatic carbocycles. The molecule has 80 valence electrons. The molecule has 0 fully saturated rings. The van der Waals surface area contributed by atoms with Gasteiger partial charge in [-0.2, -0.15) is 5.26 Å². The number of hydrogen-bond acceptors (Lipinski definition) is 3. The van der Waals surface area contributed by atoms with Crippen molar-refractivity contribution in [2.75, 3.05) is 27.2 Å². The summed E-state index contributed by atoms with van der Waals surface area (Å²) in [5, 5.41) is 11.2. The van der Waals surface area contributed by atoms with Crippen molar-refractivity contribution >= 4 is 5.91 Å². The number of carbonyl (C=O) groups excluding carboxylic acids is 1. The highest BCUT2D eigenvalue weighted by Gasteiger charge is 2.10. The second-order valence-corrected chi connectivity index (χ2v) is 3.71. The Balaban J connectivity index is 3.50. The van der Waals surface area contributed by atoms with Crippen molar-refractivity contribution in [3.63, 3.8) is 0 Å². The second kappa shape index (κ2) is 7.34. The molecule has 4 nitrogen and oxygen atoms in total. The van der Waals surface area contributed by atoms with Crippen LogP contribution in [0.2, 0.25) is 0 Å². The van der Waals surface area contributed by atoms with Crippen LogP contribution in [0.3, 0.4) is 0 Å². The molecule has 4 heteroatoms. The van der Waals surface area contributed by atoms with E-state index in [-0.39, 0.29) is 11.8 Å². The molecule has 1 N–H and O–H groups in total. The van der Waals surface area contributed by atoms with Gasteiger partial charge in [0.1, 0.15) is 0 Å². The molecule has 0 aliphatic heterocycles. The molecule has 0 bridgehead atoms. The van der Waals surface area contributed by atoms with E-state index >= 15 is 0 Å². The summed E-state index contributed by atoms with van der Waals surface area (Å²) in [5.74, 6) is -0.218. The highest BCUT2D eigenvalue weighted by Crippen LogP contribution is 1.99. The molecular formula is C10H19N3O. The Hall–Kier alpha value is -1.08. The van der Waals surface area contributed by atoms with Crippen LogP contribution in [-0.2, 0) is 4.79 Å². The first-order valence-electron chi connectivity index (χ1n) is 4.87. The van der Waals surface area contributed by atoms with Crippen LogP contribution in [-0.4, -0.2) is 38.0 Å². The molecule has 1 amide bonds. The largest absolute Gasteiger partial charge is 0.356 e. The minimum Gasteiger partial charge on any atom is -0.356 e. The predicted molar refractivity (Wildman–Crippen MR) is 55.6 cm³/mol. The summed E-state index contributed by atoms with van der Waals surface area (Å²) >= 11 is 0. The zero-order chi connectivity index (χ0) is 11.0. The highest BCUT2D eigenvalue weighted by atomic mass is 16.1. The van der Waals surface area contributed by atoms with E-state index in [1.807, 2.05) is 20.2 Å². The Morgan fingerprint density at radius 1 is 1.57 bits per heavy atom. The lowest BCUT2D eigenvalue weighted by molar-refractivity contribution is -0.124. The Labute approximate surface area is 85.9 Å².